The second-order valence-electron chi connectivity index (χ2n) is 7.01. The van der Waals surface area contributed by atoms with Gasteiger partial charge < -0.3 is 4.74 Å². The number of para-hydroxylation sites is 1. The van der Waals surface area contributed by atoms with Crippen LogP contribution in [-0.4, -0.2) is 21.9 Å². The molecule has 0 N–H and O–H groups in total. The maximum Gasteiger partial charge on any atom is 0.416 e. The third-order valence-corrected chi connectivity index (χ3v) is 4.95. The average Bonchev–Trinajstić information content (AvgIpc) is 3.27. The first kappa shape index (κ1) is 22.4. The predicted molar refractivity (Wildman–Crippen MR) is 109 cm³/mol. The maximum atomic E-state index is 13.3. The highest BCUT2D eigenvalue weighted by molar-refractivity contribution is 5.84. The van der Waals surface area contributed by atoms with Crippen molar-refractivity contribution in [2.75, 3.05) is 7.11 Å². The highest BCUT2D eigenvalue weighted by Gasteiger charge is 2.37. The van der Waals surface area contributed by atoms with Gasteiger partial charge in [0, 0.05) is 23.5 Å². The van der Waals surface area contributed by atoms with Gasteiger partial charge in [0.25, 0.3) is 0 Å². The minimum absolute atomic E-state index is 0.0804. The first-order valence-corrected chi connectivity index (χ1v) is 9.51. The third kappa shape index (κ3) is 4.41. The molecule has 0 saturated carbocycles. The molecule has 0 aliphatic carbocycles. The second-order valence-corrected chi connectivity index (χ2v) is 7.01. The van der Waals surface area contributed by atoms with Crippen molar-refractivity contribution >= 4 is 0 Å². The van der Waals surface area contributed by atoms with Crippen LogP contribution in [-0.2, 0) is 12.4 Å². The number of alkyl halides is 6. The van der Waals surface area contributed by atoms with Gasteiger partial charge in [-0.15, -0.1) is 0 Å². The highest BCUT2D eigenvalue weighted by Crippen LogP contribution is 2.40. The molecule has 2 aromatic heterocycles. The lowest BCUT2D eigenvalue weighted by Gasteiger charge is -2.17. The summed E-state index contributed by atoms with van der Waals surface area (Å²) in [7, 11) is 1.49. The van der Waals surface area contributed by atoms with Gasteiger partial charge in [-0.1, -0.05) is 18.2 Å². The molecule has 0 fully saturated rings. The molecule has 10 heteroatoms. The minimum atomic E-state index is -4.97. The van der Waals surface area contributed by atoms with E-state index < -0.39 is 23.5 Å². The lowest BCUT2D eigenvalue weighted by Crippen LogP contribution is -2.13. The van der Waals surface area contributed by atoms with Crippen molar-refractivity contribution in [3.8, 4) is 33.8 Å². The van der Waals surface area contributed by atoms with Gasteiger partial charge in [0.15, 0.2) is 0 Å². The first-order chi connectivity index (χ1) is 15.6. The van der Waals surface area contributed by atoms with Crippen LogP contribution in [0.15, 0.2) is 73.2 Å². The number of aromatic nitrogens is 3. The van der Waals surface area contributed by atoms with Gasteiger partial charge >= 0.3 is 12.4 Å². The maximum absolute atomic E-state index is 13.3. The number of halogens is 6. The minimum Gasteiger partial charge on any atom is -0.496 e. The molecular formula is C23H15F6N3O. The average molecular weight is 463 g/mol. The Hall–Kier alpha value is -3.82. The van der Waals surface area contributed by atoms with E-state index in [1.807, 2.05) is 0 Å². The number of benzene rings is 2. The standard InChI is InChI=1S/C23H15F6N3O/c1-33-21-5-3-2-4-18(21)17-6-8-30-13-19(17)20-7-9-31-32(20)16-11-14(22(24,25)26)10-15(12-16)23(27,28)29/h2-13H,1H3. The lowest BCUT2D eigenvalue weighted by atomic mass is 9.98. The molecule has 0 bridgehead atoms. The summed E-state index contributed by atoms with van der Waals surface area (Å²) in [6.45, 7) is 0. The van der Waals surface area contributed by atoms with E-state index in [-0.39, 0.29) is 17.4 Å². The van der Waals surface area contributed by atoms with Crippen LogP contribution < -0.4 is 4.74 Å². The van der Waals surface area contributed by atoms with Crippen LogP contribution in [0.5, 0.6) is 5.75 Å². The molecule has 4 nitrogen and oxygen atoms in total. The van der Waals surface area contributed by atoms with Crippen LogP contribution in [0.4, 0.5) is 26.3 Å². The second kappa shape index (κ2) is 8.27. The fourth-order valence-electron chi connectivity index (χ4n) is 3.47. The van der Waals surface area contributed by atoms with Gasteiger partial charge in [0.05, 0.1) is 35.8 Å². The van der Waals surface area contributed by atoms with Crippen molar-refractivity contribution in [3.63, 3.8) is 0 Å². The van der Waals surface area contributed by atoms with Crippen molar-refractivity contribution < 1.29 is 31.1 Å². The highest BCUT2D eigenvalue weighted by atomic mass is 19.4. The predicted octanol–water partition coefficient (Wildman–Crippen LogP) is 6.65. The molecule has 0 aliphatic heterocycles. The number of pyridine rings is 1. The Kier molecular flexibility index (Phi) is 5.61. The fraction of sp³-hybridized carbons (Fsp3) is 0.130. The van der Waals surface area contributed by atoms with Gasteiger partial charge in [-0.05, 0) is 42.0 Å². The molecule has 170 valence electrons. The number of methoxy groups -OCH3 is 1. The summed E-state index contributed by atoms with van der Waals surface area (Å²) in [5, 5.41) is 4.01. The summed E-state index contributed by atoms with van der Waals surface area (Å²) in [6, 6.07) is 11.6. The van der Waals surface area contributed by atoms with E-state index in [0.717, 1.165) is 4.68 Å². The summed E-state index contributed by atoms with van der Waals surface area (Å²) in [6.07, 6.45) is -5.66. The van der Waals surface area contributed by atoms with E-state index in [9.17, 15) is 26.3 Å². The lowest BCUT2D eigenvalue weighted by molar-refractivity contribution is -0.143. The summed E-state index contributed by atoms with van der Waals surface area (Å²) in [5.74, 6) is 0.537. The smallest absolute Gasteiger partial charge is 0.416 e. The SMILES string of the molecule is COc1ccccc1-c1ccncc1-c1ccnn1-c1cc(C(F)(F)F)cc(C(F)(F)F)c1. The number of rotatable bonds is 4. The molecule has 2 heterocycles. The Morgan fingerprint density at radius 1 is 0.758 bits per heavy atom. The molecule has 0 spiro atoms. The van der Waals surface area contributed by atoms with Crippen LogP contribution in [0.3, 0.4) is 0 Å². The summed E-state index contributed by atoms with van der Waals surface area (Å²) < 4.78 is 86.5. The molecule has 0 saturated heterocycles. The molecule has 0 aliphatic rings. The third-order valence-electron chi connectivity index (χ3n) is 4.95. The van der Waals surface area contributed by atoms with E-state index in [0.29, 0.717) is 34.6 Å². The van der Waals surface area contributed by atoms with Crippen molar-refractivity contribution in [1.29, 1.82) is 0 Å². The summed E-state index contributed by atoms with van der Waals surface area (Å²) in [5.41, 5.74) is -1.24. The summed E-state index contributed by atoms with van der Waals surface area (Å²) >= 11 is 0. The van der Waals surface area contributed by atoms with E-state index in [4.69, 9.17) is 4.74 Å². The zero-order chi connectivity index (χ0) is 23.8. The molecular weight excluding hydrogens is 448 g/mol. The van der Waals surface area contributed by atoms with Gasteiger partial charge in [-0.2, -0.15) is 31.4 Å². The number of ether oxygens (including phenoxy) is 1. The molecule has 2 aromatic carbocycles. The molecule has 33 heavy (non-hydrogen) atoms. The van der Waals surface area contributed by atoms with Crippen LogP contribution in [0.2, 0.25) is 0 Å². The van der Waals surface area contributed by atoms with Crippen molar-refractivity contribution in [2.45, 2.75) is 12.4 Å². The quantitative estimate of drug-likeness (QED) is 0.318. The molecule has 4 aromatic rings. The monoisotopic (exact) mass is 463 g/mol. The molecule has 0 unspecified atom stereocenters. The van der Waals surface area contributed by atoms with Crippen molar-refractivity contribution in [1.82, 2.24) is 14.8 Å². The summed E-state index contributed by atoms with van der Waals surface area (Å²) in [4.78, 5) is 4.09. The number of hydrogen-bond donors (Lipinski definition) is 0. The first-order valence-electron chi connectivity index (χ1n) is 9.51. The van der Waals surface area contributed by atoms with Gasteiger partial charge in [0.2, 0.25) is 0 Å². The van der Waals surface area contributed by atoms with Crippen LogP contribution in [0, 0.1) is 0 Å². The Morgan fingerprint density at radius 2 is 1.42 bits per heavy atom. The van der Waals surface area contributed by atoms with Gasteiger partial charge in [-0.25, -0.2) is 4.68 Å². The van der Waals surface area contributed by atoms with Crippen molar-refractivity contribution in [2.24, 2.45) is 0 Å². The largest absolute Gasteiger partial charge is 0.496 e. The van der Waals surface area contributed by atoms with E-state index in [2.05, 4.69) is 10.1 Å². The molecule has 0 radical (unpaired) electrons. The van der Waals surface area contributed by atoms with Crippen LogP contribution >= 0.6 is 0 Å². The van der Waals surface area contributed by atoms with E-state index in [1.54, 1.807) is 30.3 Å². The Balaban J connectivity index is 1.93. The molecule has 0 amide bonds. The Labute approximate surface area is 184 Å². The van der Waals surface area contributed by atoms with E-state index in [1.165, 1.54) is 31.8 Å². The van der Waals surface area contributed by atoms with Gasteiger partial charge in [0.1, 0.15) is 5.75 Å². The van der Waals surface area contributed by atoms with Gasteiger partial charge in [-0.3, -0.25) is 4.98 Å². The number of hydrogen-bond acceptors (Lipinski definition) is 3. The van der Waals surface area contributed by atoms with Crippen LogP contribution in [0.1, 0.15) is 11.1 Å². The van der Waals surface area contributed by atoms with Crippen molar-refractivity contribution in [3.05, 3.63) is 84.3 Å². The zero-order valence-corrected chi connectivity index (χ0v) is 16.9. The zero-order valence-electron chi connectivity index (χ0n) is 16.9. The Bertz CT molecular complexity index is 1260. The van der Waals surface area contributed by atoms with E-state index >= 15 is 0 Å². The van der Waals surface area contributed by atoms with Crippen LogP contribution in [0.25, 0.3) is 28.1 Å². The topological polar surface area (TPSA) is 39.9 Å². The molecule has 4 rings (SSSR count). The molecule has 0 atom stereocenters. The fourth-order valence-corrected chi connectivity index (χ4v) is 3.47. The number of nitrogens with zero attached hydrogens (tertiary/aromatic N) is 3. The normalized spacial score (nSPS) is 12.1. The Morgan fingerprint density at radius 3 is 2.06 bits per heavy atom.